The molecule has 0 fully saturated rings. The van der Waals surface area contributed by atoms with Gasteiger partial charge in [-0.1, -0.05) is 38.1 Å². The zero-order chi connectivity index (χ0) is 14.5. The molecule has 1 rings (SSSR count). The molecule has 0 bridgehead atoms. The number of urea groups is 1. The number of hydrogen-bond acceptors (Lipinski definition) is 2. The van der Waals surface area contributed by atoms with Crippen molar-refractivity contribution in [2.45, 2.75) is 26.2 Å². The van der Waals surface area contributed by atoms with Gasteiger partial charge in [-0.3, -0.25) is 0 Å². The third-order valence-electron chi connectivity index (χ3n) is 3.34. The second kappa shape index (κ2) is 6.57. The van der Waals surface area contributed by atoms with Crippen LogP contribution in [0.5, 0.6) is 0 Å². The fourth-order valence-electron chi connectivity index (χ4n) is 2.11. The molecule has 0 atom stereocenters. The molecule has 0 unspecified atom stereocenters. The summed E-state index contributed by atoms with van der Waals surface area (Å²) in [6.45, 7) is 7.19. The average Bonchev–Trinajstić information content (AvgIpc) is 2.36. The van der Waals surface area contributed by atoms with Crippen LogP contribution in [0.1, 0.15) is 25.0 Å². The van der Waals surface area contributed by atoms with Crippen molar-refractivity contribution in [2.75, 3.05) is 26.7 Å². The predicted molar refractivity (Wildman–Crippen MR) is 77.3 cm³/mol. The van der Waals surface area contributed by atoms with Crippen LogP contribution in [0.3, 0.4) is 0 Å². The number of carbonyl (C=O) groups excluding carboxylic acids is 1. The molecule has 1 aromatic carbocycles. The van der Waals surface area contributed by atoms with Gasteiger partial charge >= 0.3 is 6.03 Å². The van der Waals surface area contributed by atoms with Gasteiger partial charge in [-0.2, -0.15) is 0 Å². The Hall–Kier alpha value is -1.55. The minimum atomic E-state index is -0.157. The lowest BCUT2D eigenvalue weighted by Gasteiger charge is -2.28. The summed E-state index contributed by atoms with van der Waals surface area (Å²) in [5, 5.41) is 11.7. The maximum Gasteiger partial charge on any atom is 0.317 e. The highest BCUT2D eigenvalue weighted by atomic mass is 16.3. The summed E-state index contributed by atoms with van der Waals surface area (Å²) in [4.78, 5) is 13.3. The highest BCUT2D eigenvalue weighted by Gasteiger charge is 2.23. The summed E-state index contributed by atoms with van der Waals surface area (Å²) in [6, 6.07) is 8.05. The molecule has 0 spiro atoms. The first-order valence-electron chi connectivity index (χ1n) is 6.54. The van der Waals surface area contributed by atoms with Crippen molar-refractivity contribution >= 4 is 6.03 Å². The van der Waals surface area contributed by atoms with Gasteiger partial charge in [0.15, 0.2) is 0 Å². The maximum absolute atomic E-state index is 11.8. The first-order chi connectivity index (χ1) is 8.88. The van der Waals surface area contributed by atoms with Crippen LogP contribution in [0.15, 0.2) is 24.3 Å². The molecule has 0 aliphatic heterocycles. The molecule has 2 N–H and O–H groups in total. The first kappa shape index (κ1) is 15.5. The van der Waals surface area contributed by atoms with Gasteiger partial charge < -0.3 is 15.3 Å². The number of nitrogens with zero attached hydrogens (tertiary/aromatic N) is 1. The summed E-state index contributed by atoms with van der Waals surface area (Å²) >= 11 is 0. The summed E-state index contributed by atoms with van der Waals surface area (Å²) < 4.78 is 0. The number of hydrogen-bond donors (Lipinski definition) is 2. The monoisotopic (exact) mass is 264 g/mol. The van der Waals surface area contributed by atoms with Gasteiger partial charge in [0.1, 0.15) is 0 Å². The van der Waals surface area contributed by atoms with Crippen LogP contribution in [0.4, 0.5) is 4.79 Å². The number of aliphatic hydroxyl groups excluding tert-OH is 1. The van der Waals surface area contributed by atoms with Crippen LogP contribution in [0.25, 0.3) is 0 Å². The Morgan fingerprint density at radius 2 is 2.00 bits per heavy atom. The number of nitrogens with one attached hydrogen (secondary N) is 1. The molecular formula is C15H24N2O2. The van der Waals surface area contributed by atoms with E-state index in [4.69, 9.17) is 5.11 Å². The van der Waals surface area contributed by atoms with Crippen molar-refractivity contribution in [1.82, 2.24) is 10.2 Å². The van der Waals surface area contributed by atoms with Gasteiger partial charge in [0.05, 0.1) is 6.61 Å². The van der Waals surface area contributed by atoms with E-state index in [1.54, 1.807) is 7.05 Å². The Bertz CT molecular complexity index is 430. The first-order valence-corrected chi connectivity index (χ1v) is 6.54. The van der Waals surface area contributed by atoms with Gasteiger partial charge in [0, 0.05) is 25.6 Å². The molecule has 0 aromatic heterocycles. The van der Waals surface area contributed by atoms with Gasteiger partial charge in [0.25, 0.3) is 0 Å². The Balaban J connectivity index is 2.66. The van der Waals surface area contributed by atoms with Crippen molar-refractivity contribution in [3.63, 3.8) is 0 Å². The number of likely N-dealkylation sites (N-methyl/N-ethyl adjacent to an activating group) is 1. The topological polar surface area (TPSA) is 52.6 Å². The van der Waals surface area contributed by atoms with Crippen LogP contribution in [-0.2, 0) is 5.41 Å². The van der Waals surface area contributed by atoms with Crippen LogP contribution in [0, 0.1) is 6.92 Å². The zero-order valence-electron chi connectivity index (χ0n) is 12.2. The molecule has 106 valence electrons. The summed E-state index contributed by atoms with van der Waals surface area (Å²) in [6.07, 6.45) is 0. The number of amides is 2. The normalized spacial score (nSPS) is 11.2. The minimum absolute atomic E-state index is 0.0227. The van der Waals surface area contributed by atoms with Crippen LogP contribution < -0.4 is 5.32 Å². The fourth-order valence-corrected chi connectivity index (χ4v) is 2.11. The van der Waals surface area contributed by atoms with E-state index in [0.29, 0.717) is 13.1 Å². The lowest BCUT2D eigenvalue weighted by Crippen LogP contribution is -2.44. The number of rotatable bonds is 5. The quantitative estimate of drug-likeness (QED) is 0.853. The molecule has 19 heavy (non-hydrogen) atoms. The largest absolute Gasteiger partial charge is 0.395 e. The van der Waals surface area contributed by atoms with Crippen LogP contribution in [-0.4, -0.2) is 42.8 Å². The van der Waals surface area contributed by atoms with E-state index in [0.717, 1.165) is 0 Å². The van der Waals surface area contributed by atoms with Gasteiger partial charge in [0.2, 0.25) is 0 Å². The molecule has 0 saturated heterocycles. The van der Waals surface area contributed by atoms with E-state index in [2.05, 4.69) is 38.2 Å². The van der Waals surface area contributed by atoms with Crippen molar-refractivity contribution < 1.29 is 9.90 Å². The molecule has 4 nitrogen and oxygen atoms in total. The molecule has 4 heteroatoms. The number of benzene rings is 1. The van der Waals surface area contributed by atoms with Crippen molar-refractivity contribution in [3.8, 4) is 0 Å². The van der Waals surface area contributed by atoms with Gasteiger partial charge in [-0.05, 0) is 18.1 Å². The van der Waals surface area contributed by atoms with E-state index >= 15 is 0 Å². The van der Waals surface area contributed by atoms with Gasteiger partial charge in [-0.25, -0.2) is 4.79 Å². The Morgan fingerprint density at radius 3 is 2.58 bits per heavy atom. The van der Waals surface area contributed by atoms with Crippen LogP contribution in [0.2, 0.25) is 0 Å². The summed E-state index contributed by atoms with van der Waals surface area (Å²) in [5.41, 5.74) is 2.34. The van der Waals surface area contributed by atoms with E-state index in [9.17, 15) is 4.79 Å². The van der Waals surface area contributed by atoms with Crippen molar-refractivity contribution in [3.05, 3.63) is 35.4 Å². The summed E-state index contributed by atoms with van der Waals surface area (Å²) in [5.74, 6) is 0. The zero-order valence-corrected chi connectivity index (χ0v) is 12.2. The average molecular weight is 264 g/mol. The molecule has 0 aliphatic rings. The third kappa shape index (κ3) is 4.24. The van der Waals surface area contributed by atoms with E-state index < -0.39 is 0 Å². The van der Waals surface area contributed by atoms with E-state index in [-0.39, 0.29) is 18.1 Å². The number of aliphatic hydroxyl groups is 1. The molecule has 0 aliphatic carbocycles. The van der Waals surface area contributed by atoms with E-state index in [1.807, 2.05) is 12.1 Å². The number of carbonyl (C=O) groups is 1. The smallest absolute Gasteiger partial charge is 0.317 e. The maximum atomic E-state index is 11.8. The molecule has 2 amide bonds. The van der Waals surface area contributed by atoms with E-state index in [1.165, 1.54) is 16.0 Å². The predicted octanol–water partition coefficient (Wildman–Crippen LogP) is 1.91. The lowest BCUT2D eigenvalue weighted by molar-refractivity contribution is 0.188. The van der Waals surface area contributed by atoms with Gasteiger partial charge in [-0.15, -0.1) is 0 Å². The number of aryl methyl sites for hydroxylation is 1. The highest BCUT2D eigenvalue weighted by molar-refractivity contribution is 5.74. The second-order valence-electron chi connectivity index (χ2n) is 5.50. The minimum Gasteiger partial charge on any atom is -0.395 e. The standard InChI is InChI=1S/C15H24N2O2/c1-12-7-5-6-8-13(12)15(2,3)11-16-14(19)17(4)9-10-18/h5-8,18H,9-11H2,1-4H3,(H,16,19). The van der Waals surface area contributed by atoms with Crippen molar-refractivity contribution in [1.29, 1.82) is 0 Å². The Labute approximate surface area is 115 Å². The molecule has 1 aromatic rings. The lowest BCUT2D eigenvalue weighted by atomic mass is 9.82. The second-order valence-corrected chi connectivity index (χ2v) is 5.50. The van der Waals surface area contributed by atoms with Crippen LogP contribution >= 0.6 is 0 Å². The SMILES string of the molecule is Cc1ccccc1C(C)(C)CNC(=O)N(C)CCO. The third-order valence-corrected chi connectivity index (χ3v) is 3.34. The molecule has 0 heterocycles. The highest BCUT2D eigenvalue weighted by Crippen LogP contribution is 2.25. The van der Waals surface area contributed by atoms with Crippen molar-refractivity contribution in [2.24, 2.45) is 0 Å². The Kier molecular flexibility index (Phi) is 5.36. The fraction of sp³-hybridized carbons (Fsp3) is 0.533. The Morgan fingerprint density at radius 1 is 1.37 bits per heavy atom. The molecular weight excluding hydrogens is 240 g/mol. The molecule has 0 saturated carbocycles. The summed E-state index contributed by atoms with van der Waals surface area (Å²) in [7, 11) is 1.67. The molecule has 0 radical (unpaired) electrons.